The quantitative estimate of drug-likeness (QED) is 0.736. The third-order valence-corrected chi connectivity index (χ3v) is 6.31. The van der Waals surface area contributed by atoms with Crippen LogP contribution in [0, 0.1) is 22.7 Å². The lowest BCUT2D eigenvalue weighted by Gasteiger charge is -2.38. The van der Waals surface area contributed by atoms with Crippen molar-refractivity contribution in [2.75, 3.05) is 7.11 Å². The summed E-state index contributed by atoms with van der Waals surface area (Å²) in [6, 6.07) is 8.06. The smallest absolute Gasteiger partial charge is 0.120 e. The Balaban J connectivity index is 1.67. The van der Waals surface area contributed by atoms with Crippen LogP contribution in [0.1, 0.15) is 45.6 Å². The fourth-order valence-corrected chi connectivity index (χ4v) is 5.09. The SMILES string of the molecule is COc1ccc(CO[C@H]2CCC(C)(C)[C@H]3[C@@H](CC=O)[C@@]23C)cc1. The lowest BCUT2D eigenvalue weighted by molar-refractivity contribution is -0.108. The lowest BCUT2D eigenvalue weighted by atomic mass is 9.71. The van der Waals surface area contributed by atoms with Crippen molar-refractivity contribution in [3.05, 3.63) is 29.8 Å². The Morgan fingerprint density at radius 1 is 1.22 bits per heavy atom. The third kappa shape index (κ3) is 2.80. The minimum absolute atomic E-state index is 0.162. The first-order chi connectivity index (χ1) is 10.9. The van der Waals surface area contributed by atoms with E-state index in [1.807, 2.05) is 12.1 Å². The zero-order valence-electron chi connectivity index (χ0n) is 14.7. The molecule has 0 amide bonds. The zero-order chi connectivity index (χ0) is 16.7. The summed E-state index contributed by atoms with van der Waals surface area (Å²) >= 11 is 0. The first-order valence-corrected chi connectivity index (χ1v) is 8.61. The summed E-state index contributed by atoms with van der Waals surface area (Å²) < 4.78 is 11.5. The van der Waals surface area contributed by atoms with Crippen LogP contribution in [0.25, 0.3) is 0 Å². The van der Waals surface area contributed by atoms with Crippen molar-refractivity contribution in [1.29, 1.82) is 0 Å². The van der Waals surface area contributed by atoms with Crippen LogP contribution in [0.4, 0.5) is 0 Å². The minimum Gasteiger partial charge on any atom is -0.497 e. The second kappa shape index (κ2) is 5.94. The summed E-state index contributed by atoms with van der Waals surface area (Å²) in [7, 11) is 1.68. The number of hydrogen-bond acceptors (Lipinski definition) is 3. The molecule has 3 heteroatoms. The van der Waals surface area contributed by atoms with Crippen molar-refractivity contribution in [1.82, 2.24) is 0 Å². The summed E-state index contributed by atoms with van der Waals surface area (Å²) in [6.45, 7) is 7.65. The van der Waals surface area contributed by atoms with Gasteiger partial charge in [0.15, 0.2) is 0 Å². The maximum absolute atomic E-state index is 11.0. The molecule has 3 rings (SSSR count). The van der Waals surface area contributed by atoms with Gasteiger partial charge in [-0.15, -0.1) is 0 Å². The van der Waals surface area contributed by atoms with Gasteiger partial charge < -0.3 is 14.3 Å². The van der Waals surface area contributed by atoms with Crippen LogP contribution in [0.5, 0.6) is 5.75 Å². The predicted octanol–water partition coefficient (Wildman–Crippen LogP) is 4.24. The topological polar surface area (TPSA) is 35.5 Å². The number of fused-ring (bicyclic) bond motifs is 1. The summed E-state index contributed by atoms with van der Waals surface area (Å²) in [5, 5.41) is 0. The van der Waals surface area contributed by atoms with E-state index < -0.39 is 0 Å². The fraction of sp³-hybridized carbons (Fsp3) is 0.650. The van der Waals surface area contributed by atoms with Crippen molar-refractivity contribution in [2.45, 2.75) is 52.7 Å². The van der Waals surface area contributed by atoms with E-state index >= 15 is 0 Å². The van der Waals surface area contributed by atoms with Crippen molar-refractivity contribution in [2.24, 2.45) is 22.7 Å². The highest BCUT2D eigenvalue weighted by molar-refractivity contribution is 5.52. The molecule has 2 aliphatic carbocycles. The van der Waals surface area contributed by atoms with E-state index in [-0.39, 0.29) is 11.5 Å². The molecule has 2 saturated carbocycles. The van der Waals surface area contributed by atoms with E-state index in [4.69, 9.17) is 9.47 Å². The van der Waals surface area contributed by atoms with Crippen molar-refractivity contribution in [3.8, 4) is 5.75 Å². The monoisotopic (exact) mass is 316 g/mol. The maximum atomic E-state index is 11.0. The highest BCUT2D eigenvalue weighted by Crippen LogP contribution is 2.73. The summed E-state index contributed by atoms with van der Waals surface area (Å²) in [5.41, 5.74) is 1.65. The van der Waals surface area contributed by atoms with Gasteiger partial charge in [0.1, 0.15) is 12.0 Å². The Morgan fingerprint density at radius 3 is 2.52 bits per heavy atom. The van der Waals surface area contributed by atoms with Gasteiger partial charge in [0.2, 0.25) is 0 Å². The number of benzene rings is 1. The Bertz CT molecular complexity index is 563. The van der Waals surface area contributed by atoms with Crippen LogP contribution >= 0.6 is 0 Å². The predicted molar refractivity (Wildman–Crippen MR) is 90.4 cm³/mol. The maximum Gasteiger partial charge on any atom is 0.120 e. The highest BCUT2D eigenvalue weighted by Gasteiger charge is 2.71. The lowest BCUT2D eigenvalue weighted by Crippen LogP contribution is -2.35. The fourth-order valence-electron chi connectivity index (χ4n) is 5.09. The second-order valence-corrected chi connectivity index (χ2v) is 8.03. The van der Waals surface area contributed by atoms with E-state index in [0.717, 1.165) is 18.5 Å². The van der Waals surface area contributed by atoms with E-state index in [1.54, 1.807) is 7.11 Å². The molecule has 0 spiro atoms. The van der Waals surface area contributed by atoms with E-state index in [1.165, 1.54) is 12.0 Å². The molecule has 4 atom stereocenters. The number of rotatable bonds is 6. The molecule has 0 radical (unpaired) electrons. The Labute approximate surface area is 139 Å². The van der Waals surface area contributed by atoms with E-state index in [0.29, 0.717) is 30.3 Å². The Morgan fingerprint density at radius 2 is 1.91 bits per heavy atom. The molecule has 0 aliphatic heterocycles. The van der Waals surface area contributed by atoms with Gasteiger partial charge >= 0.3 is 0 Å². The Kier molecular flexibility index (Phi) is 4.26. The van der Waals surface area contributed by atoms with Crippen molar-refractivity contribution in [3.63, 3.8) is 0 Å². The molecular weight excluding hydrogens is 288 g/mol. The molecule has 1 aromatic rings. The van der Waals surface area contributed by atoms with Crippen LogP contribution in [-0.2, 0) is 16.1 Å². The molecular formula is C20H28O3. The van der Waals surface area contributed by atoms with Crippen molar-refractivity contribution >= 4 is 6.29 Å². The summed E-state index contributed by atoms with van der Waals surface area (Å²) in [6.07, 6.45) is 4.28. The van der Waals surface area contributed by atoms with Crippen LogP contribution in [0.2, 0.25) is 0 Å². The molecule has 0 heterocycles. The normalized spacial score (nSPS) is 34.5. The summed E-state index contributed by atoms with van der Waals surface area (Å²) in [5.74, 6) is 1.96. The van der Waals surface area contributed by atoms with Gasteiger partial charge in [-0.05, 0) is 47.8 Å². The number of aldehydes is 1. The van der Waals surface area contributed by atoms with Crippen LogP contribution < -0.4 is 4.74 Å². The zero-order valence-corrected chi connectivity index (χ0v) is 14.7. The highest BCUT2D eigenvalue weighted by atomic mass is 16.5. The molecule has 0 unspecified atom stereocenters. The van der Waals surface area contributed by atoms with Crippen molar-refractivity contribution < 1.29 is 14.3 Å². The van der Waals surface area contributed by atoms with Gasteiger partial charge in [-0.3, -0.25) is 0 Å². The molecule has 2 fully saturated rings. The van der Waals surface area contributed by atoms with Gasteiger partial charge in [-0.1, -0.05) is 32.9 Å². The number of ether oxygens (including phenoxy) is 2. The molecule has 3 nitrogen and oxygen atoms in total. The first kappa shape index (κ1) is 16.5. The largest absolute Gasteiger partial charge is 0.497 e. The van der Waals surface area contributed by atoms with Crippen LogP contribution in [0.15, 0.2) is 24.3 Å². The molecule has 126 valence electrons. The molecule has 0 saturated heterocycles. The van der Waals surface area contributed by atoms with E-state index in [9.17, 15) is 4.79 Å². The number of hydrogen-bond donors (Lipinski definition) is 0. The van der Waals surface area contributed by atoms with Crippen LogP contribution in [0.3, 0.4) is 0 Å². The average molecular weight is 316 g/mol. The van der Waals surface area contributed by atoms with Gasteiger partial charge in [0.25, 0.3) is 0 Å². The molecule has 2 aliphatic rings. The average Bonchev–Trinajstić information content (AvgIpc) is 3.15. The van der Waals surface area contributed by atoms with Gasteiger partial charge in [-0.2, -0.15) is 0 Å². The Hall–Kier alpha value is -1.35. The minimum atomic E-state index is 0.162. The van der Waals surface area contributed by atoms with E-state index in [2.05, 4.69) is 32.9 Å². The molecule has 23 heavy (non-hydrogen) atoms. The van der Waals surface area contributed by atoms with Gasteiger partial charge in [0, 0.05) is 11.8 Å². The molecule has 0 N–H and O–H groups in total. The number of methoxy groups -OCH3 is 1. The standard InChI is InChI=1S/C20H28O3/c1-19(2)11-9-17(20(3)16(10-12-21)18(19)20)23-13-14-5-7-15(22-4)8-6-14/h5-8,12,16-18H,9-11,13H2,1-4H3/t16-,17+,18-,20+/m1/s1. The number of carbonyl (C=O) groups excluding carboxylic acids is 1. The van der Waals surface area contributed by atoms with Crippen LogP contribution in [-0.4, -0.2) is 19.5 Å². The number of carbonyl (C=O) groups is 1. The first-order valence-electron chi connectivity index (χ1n) is 8.61. The molecule has 1 aromatic carbocycles. The summed E-state index contributed by atoms with van der Waals surface area (Å²) in [4.78, 5) is 11.0. The van der Waals surface area contributed by atoms with Gasteiger partial charge in [0.05, 0.1) is 19.8 Å². The third-order valence-electron chi connectivity index (χ3n) is 6.31. The molecule has 0 bridgehead atoms. The van der Waals surface area contributed by atoms with Gasteiger partial charge in [-0.25, -0.2) is 0 Å². The second-order valence-electron chi connectivity index (χ2n) is 8.03. The molecule has 0 aromatic heterocycles.